The fourth-order valence-electron chi connectivity index (χ4n) is 5.40. The van der Waals surface area contributed by atoms with Gasteiger partial charge in [-0.2, -0.15) is 8.78 Å². The van der Waals surface area contributed by atoms with Gasteiger partial charge < -0.3 is 10.5 Å². The molecule has 9 heteroatoms. The molecule has 2 aliphatic rings. The number of hydrogen-bond donors (Lipinski definition) is 1. The fourth-order valence-corrected chi connectivity index (χ4v) is 6.12. The van der Waals surface area contributed by atoms with E-state index in [1.54, 1.807) is 0 Å². The highest BCUT2D eigenvalue weighted by atomic mass is 127. The molecular weight excluding hydrogens is 571 g/mol. The Hall–Kier alpha value is -1.65. The summed E-state index contributed by atoms with van der Waals surface area (Å²) in [5.74, 6) is -5.30. The van der Waals surface area contributed by atoms with Crippen molar-refractivity contribution < 1.29 is 31.1 Å². The van der Waals surface area contributed by atoms with Crippen LogP contribution in [-0.4, -0.2) is 3.92 Å². The monoisotopic (exact) mass is 597 g/mol. The van der Waals surface area contributed by atoms with E-state index in [9.17, 15) is 26.3 Å². The number of nitrogen functional groups attached to an aromatic ring is 1. The van der Waals surface area contributed by atoms with Crippen LogP contribution in [0.4, 0.5) is 32.0 Å². The van der Waals surface area contributed by atoms with Crippen molar-refractivity contribution in [1.82, 2.24) is 0 Å². The van der Waals surface area contributed by atoms with E-state index in [1.165, 1.54) is 25.7 Å². The Labute approximate surface area is 208 Å². The first kappa shape index (κ1) is 25.4. The maximum atomic E-state index is 14.7. The van der Waals surface area contributed by atoms with Gasteiger partial charge in [0.05, 0.1) is 0 Å². The minimum absolute atomic E-state index is 0.106. The maximum absolute atomic E-state index is 14.7. The number of halogens is 7. The first-order valence-electron chi connectivity index (χ1n) is 11.5. The van der Waals surface area contributed by atoms with Gasteiger partial charge in [0.25, 0.3) is 0 Å². The highest BCUT2D eigenvalue weighted by Gasteiger charge is 2.42. The SMILES string of the molecule is Nc1c(F)cc(OC(F)(F)c2c(F)cc(C3CCC(C4CCC(I)CC4)CC3)cc2F)cc1F. The van der Waals surface area contributed by atoms with Gasteiger partial charge in [0.1, 0.15) is 28.6 Å². The van der Waals surface area contributed by atoms with E-state index < -0.39 is 46.4 Å². The van der Waals surface area contributed by atoms with E-state index in [0.717, 1.165) is 41.7 Å². The Morgan fingerprint density at radius 3 is 1.71 bits per heavy atom. The van der Waals surface area contributed by atoms with Crippen LogP contribution >= 0.6 is 22.6 Å². The van der Waals surface area contributed by atoms with Crippen molar-refractivity contribution >= 4 is 28.3 Å². The Balaban J connectivity index is 1.47. The van der Waals surface area contributed by atoms with Crippen molar-refractivity contribution in [2.45, 2.75) is 67.3 Å². The van der Waals surface area contributed by atoms with E-state index in [1.807, 2.05) is 0 Å². The van der Waals surface area contributed by atoms with E-state index >= 15 is 0 Å². The summed E-state index contributed by atoms with van der Waals surface area (Å²) in [6.45, 7) is 0. The molecule has 0 heterocycles. The number of benzene rings is 2. The van der Waals surface area contributed by atoms with E-state index in [2.05, 4.69) is 27.3 Å². The van der Waals surface area contributed by atoms with Crippen LogP contribution in [0.1, 0.15) is 68.4 Å². The molecular formula is C25H26F6INO. The lowest BCUT2D eigenvalue weighted by molar-refractivity contribution is -0.189. The van der Waals surface area contributed by atoms with Crippen LogP contribution in [-0.2, 0) is 6.11 Å². The Morgan fingerprint density at radius 2 is 1.21 bits per heavy atom. The average molecular weight is 597 g/mol. The molecule has 0 saturated heterocycles. The quantitative estimate of drug-likeness (QED) is 0.163. The van der Waals surface area contributed by atoms with Crippen LogP contribution < -0.4 is 10.5 Å². The zero-order valence-electron chi connectivity index (χ0n) is 18.4. The smallest absolute Gasteiger partial charge is 0.429 e. The van der Waals surface area contributed by atoms with E-state index in [0.29, 0.717) is 29.5 Å². The maximum Gasteiger partial charge on any atom is 0.432 e. The van der Waals surface area contributed by atoms with Gasteiger partial charge in [-0.05, 0) is 86.8 Å². The Morgan fingerprint density at radius 1 is 0.735 bits per heavy atom. The minimum Gasteiger partial charge on any atom is -0.429 e. The van der Waals surface area contributed by atoms with Crippen molar-refractivity contribution in [2.24, 2.45) is 11.8 Å². The van der Waals surface area contributed by atoms with Crippen molar-refractivity contribution in [3.63, 3.8) is 0 Å². The summed E-state index contributed by atoms with van der Waals surface area (Å²) >= 11 is 2.50. The standard InChI is InChI=1S/C25H26F6INO/c26-19-9-16(15-3-1-13(2-4-15)14-5-7-17(32)8-6-14)10-20(27)23(19)25(30,31)34-18-11-21(28)24(33)22(29)12-18/h9-15,17H,1-8,33H2. The highest BCUT2D eigenvalue weighted by molar-refractivity contribution is 14.1. The summed E-state index contributed by atoms with van der Waals surface area (Å²) in [5.41, 5.74) is 2.98. The molecule has 0 aliphatic heterocycles. The number of nitrogens with two attached hydrogens (primary N) is 1. The summed E-state index contributed by atoms with van der Waals surface area (Å²) < 4.78 is 90.8. The molecule has 0 atom stereocenters. The molecule has 34 heavy (non-hydrogen) atoms. The molecule has 4 rings (SSSR count). The molecule has 0 spiro atoms. The molecule has 186 valence electrons. The molecule has 0 aromatic heterocycles. The third-order valence-electron chi connectivity index (χ3n) is 7.27. The third-order valence-corrected chi connectivity index (χ3v) is 8.51. The summed E-state index contributed by atoms with van der Waals surface area (Å²) in [6, 6.07) is 2.71. The molecule has 2 aromatic carbocycles. The normalized spacial score (nSPS) is 25.9. The molecule has 0 bridgehead atoms. The van der Waals surface area contributed by atoms with Crippen LogP contribution in [0, 0.1) is 35.1 Å². The van der Waals surface area contributed by atoms with Crippen molar-refractivity contribution in [1.29, 1.82) is 0 Å². The summed E-state index contributed by atoms with van der Waals surface area (Å²) in [6.07, 6.45) is 3.84. The van der Waals surface area contributed by atoms with Gasteiger partial charge in [-0.1, -0.05) is 22.6 Å². The number of rotatable bonds is 5. The number of hydrogen-bond acceptors (Lipinski definition) is 2. The van der Waals surface area contributed by atoms with Crippen molar-refractivity contribution in [3.8, 4) is 5.75 Å². The zero-order chi connectivity index (χ0) is 24.6. The number of anilines is 1. The van der Waals surface area contributed by atoms with Crippen molar-refractivity contribution in [3.05, 3.63) is 58.7 Å². The molecule has 2 N–H and O–H groups in total. The molecule has 2 aromatic rings. The Bertz CT molecular complexity index is 986. The van der Waals surface area contributed by atoms with Gasteiger partial charge in [-0.25, -0.2) is 17.6 Å². The third kappa shape index (κ3) is 5.44. The molecule has 0 unspecified atom stereocenters. The van der Waals surface area contributed by atoms with E-state index in [-0.39, 0.29) is 5.92 Å². The molecule has 2 nitrogen and oxygen atoms in total. The topological polar surface area (TPSA) is 35.2 Å². The van der Waals surface area contributed by atoms with Gasteiger partial charge in [-0.3, -0.25) is 0 Å². The van der Waals surface area contributed by atoms with E-state index in [4.69, 9.17) is 5.73 Å². The second kappa shape index (κ2) is 10.1. The second-order valence-corrected chi connectivity index (χ2v) is 11.2. The molecule has 0 amide bonds. The molecule has 2 fully saturated rings. The Kier molecular flexibility index (Phi) is 7.59. The fraction of sp³-hybridized carbons (Fsp3) is 0.520. The molecule has 2 saturated carbocycles. The average Bonchev–Trinajstić information content (AvgIpc) is 2.77. The lowest BCUT2D eigenvalue weighted by Crippen LogP contribution is -2.27. The summed E-state index contributed by atoms with van der Waals surface area (Å²) in [5, 5.41) is 0. The van der Waals surface area contributed by atoms with Gasteiger partial charge in [0.2, 0.25) is 0 Å². The van der Waals surface area contributed by atoms with Gasteiger partial charge in [0.15, 0.2) is 11.6 Å². The summed E-state index contributed by atoms with van der Waals surface area (Å²) in [7, 11) is 0. The largest absolute Gasteiger partial charge is 0.432 e. The first-order valence-corrected chi connectivity index (χ1v) is 12.7. The predicted octanol–water partition coefficient (Wildman–Crippen LogP) is 8.22. The second-order valence-electron chi connectivity index (χ2n) is 9.40. The zero-order valence-corrected chi connectivity index (χ0v) is 20.6. The van der Waals surface area contributed by atoms with Crippen LogP contribution in [0.25, 0.3) is 0 Å². The molecule has 0 radical (unpaired) electrons. The van der Waals surface area contributed by atoms with Gasteiger partial charge >= 0.3 is 6.11 Å². The van der Waals surface area contributed by atoms with Crippen LogP contribution in [0.5, 0.6) is 5.75 Å². The predicted molar refractivity (Wildman–Crippen MR) is 126 cm³/mol. The minimum atomic E-state index is -4.49. The first-order chi connectivity index (χ1) is 16.0. The van der Waals surface area contributed by atoms with Crippen molar-refractivity contribution in [2.75, 3.05) is 5.73 Å². The highest BCUT2D eigenvalue weighted by Crippen LogP contribution is 2.45. The van der Waals surface area contributed by atoms with Crippen LogP contribution in [0.15, 0.2) is 24.3 Å². The lowest BCUT2D eigenvalue weighted by Gasteiger charge is -2.37. The number of ether oxygens (including phenoxy) is 1. The number of alkyl halides is 3. The van der Waals surface area contributed by atoms with Crippen LogP contribution in [0.2, 0.25) is 0 Å². The summed E-state index contributed by atoms with van der Waals surface area (Å²) in [4.78, 5) is 0. The van der Waals surface area contributed by atoms with Crippen LogP contribution in [0.3, 0.4) is 0 Å². The van der Waals surface area contributed by atoms with Gasteiger partial charge in [-0.15, -0.1) is 0 Å². The molecule has 2 aliphatic carbocycles. The lowest BCUT2D eigenvalue weighted by atomic mass is 9.70. The van der Waals surface area contributed by atoms with Gasteiger partial charge in [0, 0.05) is 16.1 Å².